The molecule has 3 rings (SSSR count). The van der Waals surface area contributed by atoms with Crippen molar-refractivity contribution in [3.8, 4) is 5.69 Å². The quantitative estimate of drug-likeness (QED) is 0.695. The van der Waals surface area contributed by atoms with E-state index in [1.54, 1.807) is 7.11 Å². The number of ether oxygens (including phenoxy) is 1. The Morgan fingerprint density at radius 1 is 1.15 bits per heavy atom. The van der Waals surface area contributed by atoms with Crippen LogP contribution in [-0.4, -0.2) is 40.9 Å². The minimum Gasteiger partial charge on any atom is -0.383 e. The molecular formula is C21H24N2O3S. The summed E-state index contributed by atoms with van der Waals surface area (Å²) < 4.78 is 7.15. The number of aryl methyl sites for hydroxylation is 2. The number of nitrogens with zero attached hydrogens (tertiary/aromatic N) is 2. The van der Waals surface area contributed by atoms with Crippen molar-refractivity contribution in [1.82, 2.24) is 9.47 Å². The number of carbonyl (C=O) groups excluding carboxylic acids is 2. The number of carbonyl (C=O) groups is 2. The van der Waals surface area contributed by atoms with Gasteiger partial charge in [0.05, 0.1) is 18.1 Å². The van der Waals surface area contributed by atoms with Crippen LogP contribution in [0.2, 0.25) is 0 Å². The predicted octanol–water partition coefficient (Wildman–Crippen LogP) is 4.34. The Balaban J connectivity index is 1.91. The summed E-state index contributed by atoms with van der Waals surface area (Å²) in [5.41, 5.74) is 5.47. The third kappa shape index (κ3) is 3.87. The van der Waals surface area contributed by atoms with Crippen LogP contribution in [0.3, 0.4) is 0 Å². The predicted molar refractivity (Wildman–Crippen MR) is 109 cm³/mol. The smallest absolute Gasteiger partial charge is 0.293 e. The number of imide groups is 1. The zero-order valence-corrected chi connectivity index (χ0v) is 16.9. The SMILES string of the molecule is CCc1ccc(-n2c(C)cc(/C=C3/SC(=O)N(CCOC)C3=O)c2C)cc1. The number of thioether (sulfide) groups is 1. The molecule has 2 amide bonds. The molecule has 1 saturated heterocycles. The fraction of sp³-hybridized carbons (Fsp3) is 0.333. The molecule has 0 radical (unpaired) electrons. The highest BCUT2D eigenvalue weighted by atomic mass is 32.2. The van der Waals surface area contributed by atoms with Gasteiger partial charge in [-0.05, 0) is 67.4 Å². The van der Waals surface area contributed by atoms with Gasteiger partial charge in [-0.2, -0.15) is 0 Å². The van der Waals surface area contributed by atoms with E-state index in [9.17, 15) is 9.59 Å². The topological polar surface area (TPSA) is 51.5 Å². The Hall–Kier alpha value is -2.31. The molecule has 2 aromatic rings. The maximum Gasteiger partial charge on any atom is 0.293 e. The van der Waals surface area contributed by atoms with Crippen LogP contribution in [0.1, 0.15) is 29.4 Å². The highest BCUT2D eigenvalue weighted by molar-refractivity contribution is 8.18. The van der Waals surface area contributed by atoms with Gasteiger partial charge in [-0.15, -0.1) is 0 Å². The molecule has 0 atom stereocenters. The normalized spacial score (nSPS) is 16.0. The van der Waals surface area contributed by atoms with Crippen LogP contribution in [0.4, 0.5) is 4.79 Å². The van der Waals surface area contributed by atoms with Crippen molar-refractivity contribution in [1.29, 1.82) is 0 Å². The van der Waals surface area contributed by atoms with Gasteiger partial charge in [0.1, 0.15) is 0 Å². The molecule has 1 aromatic carbocycles. The Morgan fingerprint density at radius 2 is 1.85 bits per heavy atom. The minimum absolute atomic E-state index is 0.243. The number of methoxy groups -OCH3 is 1. The van der Waals surface area contributed by atoms with E-state index in [2.05, 4.69) is 35.8 Å². The van der Waals surface area contributed by atoms with E-state index in [1.807, 2.05) is 26.0 Å². The molecule has 0 saturated carbocycles. The number of amides is 2. The average Bonchev–Trinajstić information content (AvgIpc) is 3.09. The Morgan fingerprint density at radius 3 is 2.48 bits per heavy atom. The third-order valence-corrected chi connectivity index (χ3v) is 5.66. The van der Waals surface area contributed by atoms with Gasteiger partial charge in [0.15, 0.2) is 0 Å². The standard InChI is InChI=1S/C21H24N2O3S/c1-5-16-6-8-18(9-7-16)23-14(2)12-17(15(23)3)13-19-20(24)22(10-11-26-4)21(25)27-19/h6-9,12-13H,5,10-11H2,1-4H3/b19-13+. The van der Waals surface area contributed by atoms with Crippen LogP contribution in [0, 0.1) is 13.8 Å². The number of aromatic nitrogens is 1. The lowest BCUT2D eigenvalue weighted by molar-refractivity contribution is -0.123. The Bertz CT molecular complexity index is 897. The molecule has 142 valence electrons. The maximum atomic E-state index is 12.5. The molecule has 2 heterocycles. The molecule has 5 nitrogen and oxygen atoms in total. The molecule has 0 bridgehead atoms. The third-order valence-electron chi connectivity index (χ3n) is 4.75. The van der Waals surface area contributed by atoms with Crippen molar-refractivity contribution in [3.63, 3.8) is 0 Å². The molecule has 27 heavy (non-hydrogen) atoms. The summed E-state index contributed by atoms with van der Waals surface area (Å²) in [6, 6.07) is 10.5. The first-order valence-corrected chi connectivity index (χ1v) is 9.80. The van der Waals surface area contributed by atoms with Crippen molar-refractivity contribution in [3.05, 3.63) is 57.8 Å². The van der Waals surface area contributed by atoms with Gasteiger partial charge in [0.2, 0.25) is 0 Å². The molecule has 1 aliphatic heterocycles. The van der Waals surface area contributed by atoms with Crippen molar-refractivity contribution < 1.29 is 14.3 Å². The van der Waals surface area contributed by atoms with Gasteiger partial charge in [0, 0.05) is 24.2 Å². The van der Waals surface area contributed by atoms with E-state index in [0.717, 1.165) is 40.8 Å². The number of rotatable bonds is 6. The lowest BCUT2D eigenvalue weighted by atomic mass is 10.1. The molecular weight excluding hydrogens is 360 g/mol. The van der Waals surface area contributed by atoms with E-state index in [1.165, 1.54) is 10.5 Å². The summed E-state index contributed by atoms with van der Waals surface area (Å²) in [7, 11) is 1.55. The zero-order chi connectivity index (χ0) is 19.6. The Kier molecular flexibility index (Phi) is 5.87. The second-order valence-electron chi connectivity index (χ2n) is 6.51. The fourth-order valence-electron chi connectivity index (χ4n) is 3.23. The van der Waals surface area contributed by atoms with E-state index >= 15 is 0 Å². The first kappa shape index (κ1) is 19.5. The first-order valence-electron chi connectivity index (χ1n) is 8.98. The van der Waals surface area contributed by atoms with Gasteiger partial charge in [-0.25, -0.2) is 0 Å². The monoisotopic (exact) mass is 384 g/mol. The van der Waals surface area contributed by atoms with Gasteiger partial charge in [0.25, 0.3) is 11.1 Å². The molecule has 1 aliphatic rings. The fourth-order valence-corrected chi connectivity index (χ4v) is 4.08. The van der Waals surface area contributed by atoms with E-state index in [-0.39, 0.29) is 17.7 Å². The summed E-state index contributed by atoms with van der Waals surface area (Å²) in [5.74, 6) is -0.251. The molecule has 0 aliphatic carbocycles. The lowest BCUT2D eigenvalue weighted by Crippen LogP contribution is -2.31. The minimum atomic E-state index is -0.251. The molecule has 0 unspecified atom stereocenters. The second kappa shape index (κ2) is 8.15. The van der Waals surface area contributed by atoms with Crippen molar-refractivity contribution in [2.45, 2.75) is 27.2 Å². The molecule has 0 spiro atoms. The number of hydrogen-bond acceptors (Lipinski definition) is 4. The average molecular weight is 385 g/mol. The van der Waals surface area contributed by atoms with Gasteiger partial charge < -0.3 is 9.30 Å². The molecule has 6 heteroatoms. The zero-order valence-electron chi connectivity index (χ0n) is 16.1. The van der Waals surface area contributed by atoms with Gasteiger partial charge >= 0.3 is 0 Å². The summed E-state index contributed by atoms with van der Waals surface area (Å²) >= 11 is 0.985. The lowest BCUT2D eigenvalue weighted by Gasteiger charge is -2.11. The molecule has 0 N–H and O–H groups in total. The second-order valence-corrected chi connectivity index (χ2v) is 7.50. The van der Waals surface area contributed by atoms with Crippen molar-refractivity contribution >= 4 is 29.0 Å². The van der Waals surface area contributed by atoms with E-state index < -0.39 is 0 Å². The van der Waals surface area contributed by atoms with Crippen LogP contribution in [0.15, 0.2) is 35.2 Å². The van der Waals surface area contributed by atoms with E-state index in [0.29, 0.717) is 11.5 Å². The highest BCUT2D eigenvalue weighted by Gasteiger charge is 2.34. The summed E-state index contributed by atoms with van der Waals surface area (Å²) in [4.78, 5) is 26.3. The summed E-state index contributed by atoms with van der Waals surface area (Å²) in [6.45, 7) is 6.83. The number of hydrogen-bond donors (Lipinski definition) is 0. The number of benzene rings is 1. The maximum absolute atomic E-state index is 12.5. The van der Waals surface area contributed by atoms with Crippen LogP contribution in [-0.2, 0) is 16.0 Å². The van der Waals surface area contributed by atoms with E-state index in [4.69, 9.17) is 4.74 Å². The molecule has 1 aromatic heterocycles. The van der Waals surface area contributed by atoms with Gasteiger partial charge in [-0.1, -0.05) is 19.1 Å². The van der Waals surface area contributed by atoms with Crippen LogP contribution < -0.4 is 0 Å². The van der Waals surface area contributed by atoms with Crippen LogP contribution in [0.5, 0.6) is 0 Å². The summed E-state index contributed by atoms with van der Waals surface area (Å²) in [5, 5.41) is -0.243. The Labute approximate surface area is 164 Å². The van der Waals surface area contributed by atoms with Gasteiger partial charge in [-0.3, -0.25) is 14.5 Å². The highest BCUT2D eigenvalue weighted by Crippen LogP contribution is 2.33. The largest absolute Gasteiger partial charge is 0.383 e. The first-order chi connectivity index (χ1) is 13.0. The van der Waals surface area contributed by atoms with Crippen LogP contribution >= 0.6 is 11.8 Å². The van der Waals surface area contributed by atoms with Crippen molar-refractivity contribution in [2.24, 2.45) is 0 Å². The van der Waals surface area contributed by atoms with Crippen molar-refractivity contribution in [2.75, 3.05) is 20.3 Å². The molecule has 1 fully saturated rings. The summed E-state index contributed by atoms with van der Waals surface area (Å²) in [6.07, 6.45) is 2.82. The van der Waals surface area contributed by atoms with Crippen LogP contribution in [0.25, 0.3) is 11.8 Å².